The summed E-state index contributed by atoms with van der Waals surface area (Å²) in [6.45, 7) is -0.475. The lowest BCUT2D eigenvalue weighted by Gasteiger charge is -2.08. The molecule has 108 valence electrons. The Labute approximate surface area is 121 Å². The van der Waals surface area contributed by atoms with Gasteiger partial charge in [0.25, 0.3) is 0 Å². The summed E-state index contributed by atoms with van der Waals surface area (Å²) in [5, 5.41) is 4.98. The first kappa shape index (κ1) is 14.4. The topological polar surface area (TPSA) is 76.7 Å². The van der Waals surface area contributed by atoms with Crippen LogP contribution >= 0.6 is 0 Å². The molecule has 0 saturated carbocycles. The molecule has 6 nitrogen and oxygen atoms in total. The van der Waals surface area contributed by atoms with Crippen molar-refractivity contribution in [3.8, 4) is 0 Å². The van der Waals surface area contributed by atoms with E-state index in [1.807, 2.05) is 12.1 Å². The number of rotatable bonds is 4. The van der Waals surface area contributed by atoms with Crippen LogP contribution in [0.2, 0.25) is 0 Å². The Kier molecular flexibility index (Phi) is 5.17. The predicted octanol–water partition coefficient (Wildman–Crippen LogP) is 3.44. The van der Waals surface area contributed by atoms with Gasteiger partial charge in [-0.1, -0.05) is 36.4 Å². The molecule has 0 unspecified atom stereocenters. The molecule has 0 aliphatic rings. The first-order valence-corrected chi connectivity index (χ1v) is 6.22. The second-order valence-corrected chi connectivity index (χ2v) is 3.96. The van der Waals surface area contributed by atoms with Crippen LogP contribution in [0.4, 0.5) is 21.0 Å². The number of ether oxygens (including phenoxy) is 2. The highest BCUT2D eigenvalue weighted by atomic mass is 16.7. The largest absolute Gasteiger partial charge is 0.414 e. The highest BCUT2D eigenvalue weighted by Crippen LogP contribution is 2.06. The van der Waals surface area contributed by atoms with E-state index >= 15 is 0 Å². The molecule has 0 radical (unpaired) electrons. The molecule has 0 heterocycles. The lowest BCUT2D eigenvalue weighted by molar-refractivity contribution is 0.0369. The van der Waals surface area contributed by atoms with Crippen molar-refractivity contribution in [2.45, 2.75) is 0 Å². The number of carbonyl (C=O) groups excluding carboxylic acids is 2. The van der Waals surface area contributed by atoms with Gasteiger partial charge in [-0.3, -0.25) is 10.6 Å². The standard InChI is InChI=1S/C15H14N2O4/c18-14(16-12-7-3-1-4-8-12)20-11-21-15(19)17-13-9-5-2-6-10-13/h1-10H,11H2,(H,16,18)(H,17,19). The molecule has 0 fully saturated rings. The molecule has 2 aromatic rings. The Bertz CT molecular complexity index is 534. The number of nitrogens with one attached hydrogen (secondary N) is 2. The number of carbonyl (C=O) groups is 2. The number of benzene rings is 2. The second-order valence-electron chi connectivity index (χ2n) is 3.96. The summed E-state index contributed by atoms with van der Waals surface area (Å²) in [6, 6.07) is 17.6. The first-order chi connectivity index (χ1) is 10.2. The van der Waals surface area contributed by atoms with Gasteiger partial charge in [0.15, 0.2) is 0 Å². The molecule has 0 spiro atoms. The monoisotopic (exact) mass is 286 g/mol. The first-order valence-electron chi connectivity index (χ1n) is 6.22. The van der Waals surface area contributed by atoms with Crippen molar-refractivity contribution in [3.05, 3.63) is 60.7 Å². The Morgan fingerprint density at radius 3 is 1.48 bits per heavy atom. The molecular formula is C15H14N2O4. The van der Waals surface area contributed by atoms with Crippen LogP contribution in [0.25, 0.3) is 0 Å². The van der Waals surface area contributed by atoms with E-state index in [0.717, 1.165) is 0 Å². The zero-order chi connectivity index (χ0) is 14.9. The van der Waals surface area contributed by atoms with Crippen molar-refractivity contribution in [2.24, 2.45) is 0 Å². The molecule has 0 aromatic heterocycles. The molecule has 2 amide bonds. The van der Waals surface area contributed by atoms with Crippen LogP contribution in [0.3, 0.4) is 0 Å². The Balaban J connectivity index is 1.67. The minimum atomic E-state index is -0.700. The lowest BCUT2D eigenvalue weighted by atomic mass is 10.3. The van der Waals surface area contributed by atoms with E-state index in [0.29, 0.717) is 11.4 Å². The number of anilines is 2. The number of amides is 2. The van der Waals surface area contributed by atoms with E-state index in [4.69, 9.17) is 9.47 Å². The summed E-state index contributed by atoms with van der Waals surface area (Å²) in [5.41, 5.74) is 1.19. The molecule has 6 heteroatoms. The van der Waals surface area contributed by atoms with E-state index in [2.05, 4.69) is 10.6 Å². The van der Waals surface area contributed by atoms with Crippen LogP contribution in [0, 0.1) is 0 Å². The fourth-order valence-corrected chi connectivity index (χ4v) is 1.49. The smallest absolute Gasteiger partial charge is 0.411 e. The SMILES string of the molecule is O=C(Nc1ccccc1)OCOC(=O)Nc1ccccc1. The summed E-state index contributed by atoms with van der Waals surface area (Å²) in [7, 11) is 0. The van der Waals surface area contributed by atoms with E-state index in [9.17, 15) is 9.59 Å². The zero-order valence-electron chi connectivity index (χ0n) is 11.1. The van der Waals surface area contributed by atoms with Gasteiger partial charge in [0, 0.05) is 11.4 Å². The third kappa shape index (κ3) is 5.23. The van der Waals surface area contributed by atoms with Crippen molar-refractivity contribution in [1.82, 2.24) is 0 Å². The minimum Gasteiger partial charge on any atom is -0.411 e. The summed E-state index contributed by atoms with van der Waals surface area (Å²) >= 11 is 0. The van der Waals surface area contributed by atoms with E-state index in [1.165, 1.54) is 0 Å². The maximum Gasteiger partial charge on any atom is 0.414 e. The molecule has 0 atom stereocenters. The van der Waals surface area contributed by atoms with E-state index < -0.39 is 19.0 Å². The highest BCUT2D eigenvalue weighted by molar-refractivity contribution is 5.85. The normalized spacial score (nSPS) is 9.52. The molecule has 2 N–H and O–H groups in total. The maximum absolute atomic E-state index is 11.4. The van der Waals surface area contributed by atoms with Crippen LogP contribution in [-0.2, 0) is 9.47 Å². The molecular weight excluding hydrogens is 272 g/mol. The van der Waals surface area contributed by atoms with Crippen molar-refractivity contribution in [3.63, 3.8) is 0 Å². The number of hydrogen-bond acceptors (Lipinski definition) is 4. The van der Waals surface area contributed by atoms with Crippen LogP contribution < -0.4 is 10.6 Å². The fraction of sp³-hybridized carbons (Fsp3) is 0.0667. The third-order valence-electron chi connectivity index (χ3n) is 2.42. The summed E-state index contributed by atoms with van der Waals surface area (Å²) < 4.78 is 9.44. The zero-order valence-corrected chi connectivity index (χ0v) is 11.1. The fourth-order valence-electron chi connectivity index (χ4n) is 1.49. The maximum atomic E-state index is 11.4. The van der Waals surface area contributed by atoms with Gasteiger partial charge in [-0.15, -0.1) is 0 Å². The van der Waals surface area contributed by atoms with Crippen LogP contribution in [0.5, 0.6) is 0 Å². The molecule has 0 saturated heterocycles. The Morgan fingerprint density at radius 1 is 0.714 bits per heavy atom. The van der Waals surface area contributed by atoms with Crippen LogP contribution in [0.15, 0.2) is 60.7 Å². The summed E-state index contributed by atoms with van der Waals surface area (Å²) in [6.07, 6.45) is -1.40. The molecule has 0 aliphatic heterocycles. The van der Waals surface area contributed by atoms with E-state index in [-0.39, 0.29) is 0 Å². The number of para-hydroxylation sites is 2. The Morgan fingerprint density at radius 2 is 1.10 bits per heavy atom. The van der Waals surface area contributed by atoms with Crippen LogP contribution in [0.1, 0.15) is 0 Å². The van der Waals surface area contributed by atoms with Crippen LogP contribution in [-0.4, -0.2) is 19.0 Å². The quantitative estimate of drug-likeness (QED) is 0.844. The molecule has 21 heavy (non-hydrogen) atoms. The highest BCUT2D eigenvalue weighted by Gasteiger charge is 2.06. The minimum absolute atomic E-state index is 0.475. The van der Waals surface area contributed by atoms with Gasteiger partial charge in [0.05, 0.1) is 0 Å². The van der Waals surface area contributed by atoms with Gasteiger partial charge in [-0.05, 0) is 24.3 Å². The van der Waals surface area contributed by atoms with Crippen molar-refractivity contribution >= 4 is 23.6 Å². The predicted molar refractivity (Wildman–Crippen MR) is 78.0 cm³/mol. The molecule has 2 rings (SSSR count). The lowest BCUT2D eigenvalue weighted by Crippen LogP contribution is -2.20. The summed E-state index contributed by atoms with van der Waals surface area (Å²) in [4.78, 5) is 22.8. The van der Waals surface area contributed by atoms with Crippen molar-refractivity contribution in [1.29, 1.82) is 0 Å². The van der Waals surface area contributed by atoms with Gasteiger partial charge in [-0.25, -0.2) is 9.59 Å². The van der Waals surface area contributed by atoms with Gasteiger partial charge >= 0.3 is 12.2 Å². The van der Waals surface area contributed by atoms with Gasteiger partial charge in [0.1, 0.15) is 0 Å². The van der Waals surface area contributed by atoms with Gasteiger partial charge in [-0.2, -0.15) is 0 Å². The second kappa shape index (κ2) is 7.54. The molecule has 0 aliphatic carbocycles. The van der Waals surface area contributed by atoms with Crippen molar-refractivity contribution < 1.29 is 19.1 Å². The third-order valence-corrected chi connectivity index (χ3v) is 2.42. The molecule has 0 bridgehead atoms. The van der Waals surface area contributed by atoms with Gasteiger partial charge in [0.2, 0.25) is 6.79 Å². The average Bonchev–Trinajstić information content (AvgIpc) is 2.49. The summed E-state index contributed by atoms with van der Waals surface area (Å²) in [5.74, 6) is 0. The molecule has 2 aromatic carbocycles. The average molecular weight is 286 g/mol. The Hall–Kier alpha value is -3.02. The van der Waals surface area contributed by atoms with Crippen molar-refractivity contribution in [2.75, 3.05) is 17.4 Å². The number of hydrogen-bond donors (Lipinski definition) is 2. The van der Waals surface area contributed by atoms with Gasteiger partial charge < -0.3 is 9.47 Å². The van der Waals surface area contributed by atoms with E-state index in [1.54, 1.807) is 48.5 Å².